The number of hydrogen-bond donors (Lipinski definition) is 1. The number of aliphatic carboxylic acids is 1. The minimum Gasteiger partial charge on any atom is -0.480 e. The van der Waals surface area contributed by atoms with Crippen molar-refractivity contribution < 1.29 is 18.3 Å². The van der Waals surface area contributed by atoms with E-state index in [-0.39, 0.29) is 11.3 Å². The average Bonchev–Trinajstić information content (AvgIpc) is 2.58. The first kappa shape index (κ1) is 18.8. The molecule has 130 valence electrons. The highest BCUT2D eigenvalue weighted by Gasteiger charge is 2.33. The van der Waals surface area contributed by atoms with Crippen LogP contribution in [-0.2, 0) is 14.6 Å². The van der Waals surface area contributed by atoms with E-state index in [1.54, 1.807) is 12.1 Å². The molecule has 1 atom stereocenters. The molecule has 2 aromatic carbocycles. The van der Waals surface area contributed by atoms with E-state index in [4.69, 9.17) is 0 Å². The van der Waals surface area contributed by atoms with Crippen LogP contribution < -0.4 is 0 Å². The molecule has 1 N–H and O–H groups in total. The number of benzene rings is 2. The molecular formula is C20H20O4S. The summed E-state index contributed by atoms with van der Waals surface area (Å²) in [7, 11) is -3.90. The van der Waals surface area contributed by atoms with Crippen LogP contribution in [0.15, 0.2) is 59.5 Å². The van der Waals surface area contributed by atoms with E-state index in [2.05, 4.69) is 11.8 Å². The monoisotopic (exact) mass is 356 g/mol. The van der Waals surface area contributed by atoms with Crippen molar-refractivity contribution in [3.8, 4) is 11.8 Å². The van der Waals surface area contributed by atoms with Crippen LogP contribution >= 0.6 is 0 Å². The molecule has 4 nitrogen and oxygen atoms in total. The van der Waals surface area contributed by atoms with Crippen LogP contribution in [0.1, 0.15) is 30.4 Å². The molecule has 0 aliphatic rings. The molecule has 5 heteroatoms. The molecule has 2 rings (SSSR count). The summed E-state index contributed by atoms with van der Waals surface area (Å²) in [6, 6.07) is 15.7. The van der Waals surface area contributed by atoms with Gasteiger partial charge in [0.2, 0.25) is 0 Å². The van der Waals surface area contributed by atoms with Crippen LogP contribution in [0.25, 0.3) is 0 Å². The molecule has 0 radical (unpaired) electrons. The maximum absolute atomic E-state index is 12.6. The molecule has 0 spiro atoms. The summed E-state index contributed by atoms with van der Waals surface area (Å²) in [5.74, 6) is 4.61. The number of aryl methyl sites for hydroxylation is 1. The highest BCUT2D eigenvalue weighted by molar-refractivity contribution is 7.92. The summed E-state index contributed by atoms with van der Waals surface area (Å²) in [4.78, 5) is 11.5. The van der Waals surface area contributed by atoms with Crippen molar-refractivity contribution in [1.29, 1.82) is 0 Å². The Hall–Kier alpha value is -2.58. The van der Waals surface area contributed by atoms with Gasteiger partial charge >= 0.3 is 5.97 Å². The molecule has 25 heavy (non-hydrogen) atoms. The second-order valence-corrected chi connectivity index (χ2v) is 7.88. The molecule has 0 amide bonds. The molecule has 0 aliphatic carbocycles. The zero-order chi connectivity index (χ0) is 18.3. The van der Waals surface area contributed by atoms with E-state index in [1.165, 1.54) is 12.1 Å². The third-order valence-corrected chi connectivity index (χ3v) is 5.89. The largest absolute Gasteiger partial charge is 0.480 e. The van der Waals surface area contributed by atoms with Gasteiger partial charge in [-0.05, 0) is 44.0 Å². The summed E-state index contributed by atoms with van der Waals surface area (Å²) >= 11 is 0. The fraction of sp³-hybridized carbons (Fsp3) is 0.250. The van der Waals surface area contributed by atoms with Gasteiger partial charge in [0.1, 0.15) is 0 Å². The van der Waals surface area contributed by atoms with Crippen molar-refractivity contribution in [2.24, 2.45) is 0 Å². The zero-order valence-corrected chi connectivity index (χ0v) is 14.8. The lowest BCUT2D eigenvalue weighted by Crippen LogP contribution is -2.30. The van der Waals surface area contributed by atoms with Gasteiger partial charge in [0.25, 0.3) is 0 Å². The van der Waals surface area contributed by atoms with E-state index in [9.17, 15) is 18.3 Å². The summed E-state index contributed by atoms with van der Waals surface area (Å²) in [6.45, 7) is 1.84. The first-order valence-corrected chi connectivity index (χ1v) is 9.53. The fourth-order valence-electron chi connectivity index (χ4n) is 2.37. The second kappa shape index (κ2) is 8.50. The predicted molar refractivity (Wildman–Crippen MR) is 97.0 cm³/mol. The Kier molecular flexibility index (Phi) is 6.37. The summed E-state index contributed by atoms with van der Waals surface area (Å²) in [6.07, 6.45) is 0.888. The maximum atomic E-state index is 12.6. The van der Waals surface area contributed by atoms with Gasteiger partial charge in [-0.2, -0.15) is 0 Å². The van der Waals surface area contributed by atoms with E-state index in [0.29, 0.717) is 12.8 Å². The van der Waals surface area contributed by atoms with Gasteiger partial charge in [-0.1, -0.05) is 47.7 Å². The molecule has 0 heterocycles. The van der Waals surface area contributed by atoms with Crippen molar-refractivity contribution in [2.75, 3.05) is 0 Å². The zero-order valence-electron chi connectivity index (χ0n) is 14.0. The van der Waals surface area contributed by atoms with Crippen LogP contribution in [0.2, 0.25) is 0 Å². The van der Waals surface area contributed by atoms with Crippen LogP contribution in [0.4, 0.5) is 0 Å². The van der Waals surface area contributed by atoms with Crippen molar-refractivity contribution in [3.63, 3.8) is 0 Å². The van der Waals surface area contributed by atoms with E-state index in [0.717, 1.165) is 11.1 Å². The maximum Gasteiger partial charge on any atom is 0.322 e. The van der Waals surface area contributed by atoms with Gasteiger partial charge < -0.3 is 5.11 Å². The van der Waals surface area contributed by atoms with Crippen molar-refractivity contribution in [3.05, 3.63) is 65.7 Å². The van der Waals surface area contributed by atoms with Gasteiger partial charge in [0.05, 0.1) is 4.90 Å². The molecule has 1 unspecified atom stereocenters. The minimum atomic E-state index is -3.90. The number of unbranched alkanes of at least 4 members (excludes halogenated alkanes) is 1. The normalized spacial score (nSPS) is 12.0. The fourth-order valence-corrected chi connectivity index (χ4v) is 3.95. The standard InChI is InChI=1S/C20H20O4S/c1-16-12-14-18(15-13-16)25(23,24)19(20(21)22)11-7-3-6-10-17-8-4-2-5-9-17/h2,4-5,8-9,12-15,19H,3,7,11H2,1H3,(H,21,22). The molecule has 0 saturated carbocycles. The minimum absolute atomic E-state index is 0.0367. The Morgan fingerprint density at radius 3 is 2.32 bits per heavy atom. The van der Waals surface area contributed by atoms with Gasteiger partial charge in [-0.25, -0.2) is 8.42 Å². The lowest BCUT2D eigenvalue weighted by atomic mass is 10.1. The van der Waals surface area contributed by atoms with E-state index < -0.39 is 21.1 Å². The van der Waals surface area contributed by atoms with Crippen molar-refractivity contribution in [1.82, 2.24) is 0 Å². The van der Waals surface area contributed by atoms with Gasteiger partial charge in [-0.3, -0.25) is 4.79 Å². The third-order valence-electron chi connectivity index (χ3n) is 3.77. The molecular weight excluding hydrogens is 336 g/mol. The first-order chi connectivity index (χ1) is 11.9. The Morgan fingerprint density at radius 1 is 1.08 bits per heavy atom. The molecule has 0 fully saturated rings. The quantitative estimate of drug-likeness (QED) is 0.636. The number of carboxylic acids is 1. The Labute approximate surface area is 148 Å². The van der Waals surface area contributed by atoms with Gasteiger partial charge in [0, 0.05) is 12.0 Å². The lowest BCUT2D eigenvalue weighted by molar-refractivity contribution is -0.136. The molecule has 0 bridgehead atoms. The summed E-state index contributed by atoms with van der Waals surface area (Å²) in [5.41, 5.74) is 1.80. The van der Waals surface area contributed by atoms with Gasteiger partial charge in [-0.15, -0.1) is 0 Å². The summed E-state index contributed by atoms with van der Waals surface area (Å²) in [5, 5.41) is 7.89. The highest BCUT2D eigenvalue weighted by atomic mass is 32.2. The summed E-state index contributed by atoms with van der Waals surface area (Å²) < 4.78 is 25.1. The molecule has 0 aromatic heterocycles. The topological polar surface area (TPSA) is 71.4 Å². The van der Waals surface area contributed by atoms with Crippen LogP contribution in [-0.4, -0.2) is 24.7 Å². The SMILES string of the molecule is Cc1ccc(S(=O)(=O)C(CCCC#Cc2ccccc2)C(=O)O)cc1. The van der Waals surface area contributed by atoms with E-state index >= 15 is 0 Å². The highest BCUT2D eigenvalue weighted by Crippen LogP contribution is 2.21. The van der Waals surface area contributed by atoms with Gasteiger partial charge in [0.15, 0.2) is 15.1 Å². The third kappa shape index (κ3) is 5.20. The Balaban J connectivity index is 2.02. The predicted octanol–water partition coefficient (Wildman–Crippen LogP) is 3.44. The van der Waals surface area contributed by atoms with E-state index in [1.807, 2.05) is 37.3 Å². The lowest BCUT2D eigenvalue weighted by Gasteiger charge is -2.13. The van der Waals surface area contributed by atoms with Crippen molar-refractivity contribution in [2.45, 2.75) is 36.3 Å². The molecule has 0 aliphatic heterocycles. The number of rotatable bonds is 6. The smallest absolute Gasteiger partial charge is 0.322 e. The van der Waals surface area contributed by atoms with Crippen LogP contribution in [0.5, 0.6) is 0 Å². The number of hydrogen-bond acceptors (Lipinski definition) is 3. The van der Waals surface area contributed by atoms with Crippen LogP contribution in [0, 0.1) is 18.8 Å². The molecule has 2 aromatic rings. The van der Waals surface area contributed by atoms with Crippen molar-refractivity contribution >= 4 is 15.8 Å². The number of carboxylic acid groups (broad SMARTS) is 1. The first-order valence-electron chi connectivity index (χ1n) is 7.98. The second-order valence-electron chi connectivity index (χ2n) is 5.74. The average molecular weight is 356 g/mol. The molecule has 0 saturated heterocycles. The number of carbonyl (C=O) groups is 1. The van der Waals surface area contributed by atoms with Crippen LogP contribution in [0.3, 0.4) is 0 Å². The number of sulfone groups is 1. The Bertz CT molecular complexity index is 873. The Morgan fingerprint density at radius 2 is 1.72 bits per heavy atom.